The molecule has 7 heteroatoms. The van der Waals surface area contributed by atoms with Gasteiger partial charge in [0.15, 0.2) is 0 Å². The third-order valence-corrected chi connectivity index (χ3v) is 4.21. The maximum atomic E-state index is 4.27. The van der Waals surface area contributed by atoms with Crippen molar-refractivity contribution in [2.24, 2.45) is 5.10 Å². The van der Waals surface area contributed by atoms with Crippen LogP contribution in [0.1, 0.15) is 11.3 Å². The van der Waals surface area contributed by atoms with Crippen LogP contribution in [-0.4, -0.2) is 21.4 Å². The zero-order valence-electron chi connectivity index (χ0n) is 10.0. The van der Waals surface area contributed by atoms with Crippen LogP contribution >= 0.6 is 33.9 Å². The van der Waals surface area contributed by atoms with Gasteiger partial charge in [-0.3, -0.25) is 10.5 Å². The first-order valence-electron chi connectivity index (χ1n) is 5.57. The number of anilines is 1. The molecule has 0 atom stereocenters. The molecule has 19 heavy (non-hydrogen) atoms. The smallest absolute Gasteiger partial charge is 0.203 e. The first kappa shape index (κ1) is 12.5. The van der Waals surface area contributed by atoms with Crippen molar-refractivity contribution >= 4 is 56.2 Å². The summed E-state index contributed by atoms with van der Waals surface area (Å²) in [4.78, 5) is 4.27. The fourth-order valence-electron chi connectivity index (χ4n) is 1.64. The largest absolute Gasteiger partial charge is 0.271 e. The van der Waals surface area contributed by atoms with Crippen molar-refractivity contribution in [3.8, 4) is 0 Å². The number of benzene rings is 1. The third kappa shape index (κ3) is 2.76. The topological polar surface area (TPSA) is 66.0 Å². The molecule has 0 aliphatic carbocycles. The van der Waals surface area contributed by atoms with Crippen molar-refractivity contribution in [3.05, 3.63) is 38.5 Å². The summed E-state index contributed by atoms with van der Waals surface area (Å²) in [6, 6.07) is 6.04. The zero-order chi connectivity index (χ0) is 13.2. The minimum absolute atomic E-state index is 0.796. The quantitative estimate of drug-likeness (QED) is 0.414. The van der Waals surface area contributed by atoms with E-state index in [2.05, 4.69) is 48.3 Å². The zero-order valence-corrected chi connectivity index (χ0v) is 13.0. The Bertz CT molecular complexity index is 746. The molecule has 0 bridgehead atoms. The second-order valence-electron chi connectivity index (χ2n) is 3.98. The maximum Gasteiger partial charge on any atom is 0.203 e. The minimum Gasteiger partial charge on any atom is -0.271 e. The number of fused-ring (bicyclic) bond motifs is 1. The maximum absolute atomic E-state index is 4.27. The van der Waals surface area contributed by atoms with Gasteiger partial charge in [-0.1, -0.05) is 6.07 Å². The highest BCUT2D eigenvalue weighted by Gasteiger charge is 2.02. The van der Waals surface area contributed by atoms with Crippen molar-refractivity contribution in [1.29, 1.82) is 0 Å². The van der Waals surface area contributed by atoms with Crippen LogP contribution in [-0.2, 0) is 0 Å². The van der Waals surface area contributed by atoms with Crippen LogP contribution in [0.5, 0.6) is 0 Å². The Morgan fingerprint density at radius 2 is 2.37 bits per heavy atom. The highest BCUT2D eigenvalue weighted by molar-refractivity contribution is 14.1. The molecule has 3 aromatic rings. The lowest BCUT2D eigenvalue weighted by molar-refractivity contribution is 1.09. The number of H-pyrrole nitrogens is 1. The number of hydrogen-bond donors (Lipinski definition) is 2. The fraction of sp³-hybridized carbons (Fsp3) is 0.0833. The van der Waals surface area contributed by atoms with Gasteiger partial charge in [0.25, 0.3) is 0 Å². The molecule has 0 fully saturated rings. The number of nitrogens with zero attached hydrogens (tertiary/aromatic N) is 3. The molecule has 2 heterocycles. The van der Waals surface area contributed by atoms with Crippen molar-refractivity contribution < 1.29 is 0 Å². The molecule has 1 aromatic carbocycles. The summed E-state index contributed by atoms with van der Waals surface area (Å²) in [7, 11) is 0. The number of hydrogen-bond acceptors (Lipinski definition) is 5. The predicted molar refractivity (Wildman–Crippen MR) is 86.9 cm³/mol. The Morgan fingerprint density at radius 3 is 3.16 bits per heavy atom. The van der Waals surface area contributed by atoms with Crippen molar-refractivity contribution in [1.82, 2.24) is 15.2 Å². The van der Waals surface area contributed by atoms with Gasteiger partial charge < -0.3 is 0 Å². The number of rotatable bonds is 3. The molecule has 0 aliphatic heterocycles. The van der Waals surface area contributed by atoms with E-state index in [9.17, 15) is 0 Å². The Balaban J connectivity index is 1.77. The third-order valence-electron chi connectivity index (χ3n) is 2.53. The number of nitrogens with one attached hydrogen (secondary N) is 2. The Hall–Kier alpha value is -1.48. The SMILES string of the molecule is Cc1csc(NN=Cc2ccc3c(I)[nH]nc3c2)n1. The van der Waals surface area contributed by atoms with Crippen LogP contribution in [0.4, 0.5) is 5.13 Å². The molecule has 0 spiro atoms. The number of aryl methyl sites for hydroxylation is 1. The van der Waals surface area contributed by atoms with Crippen molar-refractivity contribution in [3.63, 3.8) is 0 Å². The number of aromatic nitrogens is 3. The Labute approximate surface area is 127 Å². The average Bonchev–Trinajstić information content (AvgIpc) is 2.97. The van der Waals surface area contributed by atoms with Crippen LogP contribution in [0.2, 0.25) is 0 Å². The summed E-state index contributed by atoms with van der Waals surface area (Å²) in [6.45, 7) is 1.96. The summed E-state index contributed by atoms with van der Waals surface area (Å²) in [6.07, 6.45) is 1.76. The highest BCUT2D eigenvalue weighted by atomic mass is 127. The lowest BCUT2D eigenvalue weighted by atomic mass is 10.2. The van der Waals surface area contributed by atoms with Gasteiger partial charge in [-0.05, 0) is 47.2 Å². The lowest BCUT2D eigenvalue weighted by Gasteiger charge is -1.95. The van der Waals surface area contributed by atoms with Crippen molar-refractivity contribution in [2.45, 2.75) is 6.92 Å². The predicted octanol–water partition coefficient (Wildman–Crippen LogP) is 3.38. The van der Waals surface area contributed by atoms with E-state index >= 15 is 0 Å². The molecule has 0 amide bonds. The van der Waals surface area contributed by atoms with E-state index in [4.69, 9.17) is 0 Å². The van der Waals surface area contributed by atoms with Crippen LogP contribution in [0.15, 0.2) is 28.7 Å². The molecule has 0 unspecified atom stereocenters. The van der Waals surface area contributed by atoms with Crippen LogP contribution in [0.25, 0.3) is 10.9 Å². The normalized spacial score (nSPS) is 11.5. The summed E-state index contributed by atoms with van der Waals surface area (Å²) in [5.41, 5.74) is 5.85. The van der Waals surface area contributed by atoms with Crippen LogP contribution < -0.4 is 5.43 Å². The first-order valence-corrected chi connectivity index (χ1v) is 7.53. The van der Waals surface area contributed by atoms with Crippen molar-refractivity contribution in [2.75, 3.05) is 5.43 Å². The van der Waals surface area contributed by atoms with E-state index in [0.717, 1.165) is 31.0 Å². The van der Waals surface area contributed by atoms with E-state index in [1.807, 2.05) is 30.5 Å². The van der Waals surface area contributed by atoms with Gasteiger partial charge in [0.05, 0.1) is 17.4 Å². The van der Waals surface area contributed by atoms with Gasteiger partial charge in [-0.2, -0.15) is 10.2 Å². The van der Waals surface area contributed by atoms with Gasteiger partial charge >= 0.3 is 0 Å². The van der Waals surface area contributed by atoms with Gasteiger partial charge in [0, 0.05) is 10.8 Å². The molecular weight excluding hydrogens is 373 g/mol. The van der Waals surface area contributed by atoms with Gasteiger partial charge in [0.1, 0.15) is 3.70 Å². The number of thiazole rings is 1. The molecule has 5 nitrogen and oxygen atoms in total. The number of halogens is 1. The van der Waals surface area contributed by atoms with Gasteiger partial charge in [-0.25, -0.2) is 4.98 Å². The summed E-state index contributed by atoms with van der Waals surface area (Å²) >= 11 is 3.77. The molecular formula is C12H10IN5S. The second kappa shape index (κ2) is 5.25. The number of aromatic amines is 1. The fourth-order valence-corrected chi connectivity index (χ4v) is 2.86. The molecule has 0 radical (unpaired) electrons. The molecule has 0 saturated carbocycles. The summed E-state index contributed by atoms with van der Waals surface area (Å²) < 4.78 is 1.05. The van der Waals surface area contributed by atoms with E-state index in [0.29, 0.717) is 0 Å². The Morgan fingerprint density at radius 1 is 1.47 bits per heavy atom. The standard InChI is InChI=1S/C12H10IN5S/c1-7-6-19-12(15-7)18-14-5-8-2-3-9-10(4-8)16-17-11(9)13/h2-6H,1H3,(H,15,18)(H,16,17). The Kier molecular flexibility index (Phi) is 3.47. The van der Waals surface area contributed by atoms with E-state index in [1.165, 1.54) is 11.3 Å². The monoisotopic (exact) mass is 383 g/mol. The second-order valence-corrected chi connectivity index (χ2v) is 5.92. The summed E-state index contributed by atoms with van der Waals surface area (Å²) in [5, 5.41) is 15.3. The summed E-state index contributed by atoms with van der Waals surface area (Å²) in [5.74, 6) is 0. The average molecular weight is 383 g/mol. The van der Waals surface area contributed by atoms with Gasteiger partial charge in [0.2, 0.25) is 5.13 Å². The van der Waals surface area contributed by atoms with Gasteiger partial charge in [-0.15, -0.1) is 11.3 Å². The van der Waals surface area contributed by atoms with Crippen LogP contribution in [0.3, 0.4) is 0 Å². The first-order chi connectivity index (χ1) is 9.22. The molecule has 2 aromatic heterocycles. The lowest BCUT2D eigenvalue weighted by Crippen LogP contribution is -1.90. The molecule has 0 aliphatic rings. The highest BCUT2D eigenvalue weighted by Crippen LogP contribution is 2.18. The molecule has 96 valence electrons. The number of hydrazone groups is 1. The van der Waals surface area contributed by atoms with E-state index in [-0.39, 0.29) is 0 Å². The molecule has 3 rings (SSSR count). The minimum atomic E-state index is 0.796. The van der Waals surface area contributed by atoms with Crippen LogP contribution in [0, 0.1) is 10.6 Å². The van der Waals surface area contributed by atoms with E-state index < -0.39 is 0 Å². The molecule has 0 saturated heterocycles. The van der Waals surface area contributed by atoms with E-state index in [1.54, 1.807) is 6.21 Å². The molecule has 2 N–H and O–H groups in total.